The number of hydrogen-bond donors (Lipinski definition) is 1. The van der Waals surface area contributed by atoms with Crippen LogP contribution in [0.4, 0.5) is 0 Å². The fourth-order valence-electron chi connectivity index (χ4n) is 1.40. The third kappa shape index (κ3) is 2.59. The fraction of sp³-hybridized carbons (Fsp3) is 0.636. The number of nitrogens with zero attached hydrogens (tertiary/aromatic N) is 1. The number of aliphatic hydroxyl groups excluding tert-OH is 1. The topological polar surface area (TPSA) is 34.4 Å². The Labute approximate surface area is 84.3 Å². The van der Waals surface area contributed by atoms with Gasteiger partial charge in [-0.25, -0.2) is 0 Å². The van der Waals surface area contributed by atoms with E-state index in [1.54, 1.807) is 6.92 Å². The van der Waals surface area contributed by atoms with Gasteiger partial charge in [0.2, 0.25) is 0 Å². The maximum absolute atomic E-state index is 9.31. The highest BCUT2D eigenvalue weighted by atomic mass is 16.5. The molecule has 1 unspecified atom stereocenters. The van der Waals surface area contributed by atoms with Crippen molar-refractivity contribution in [2.24, 2.45) is 5.92 Å². The maximum atomic E-state index is 9.31. The molecule has 0 radical (unpaired) electrons. The highest BCUT2D eigenvalue weighted by Gasteiger charge is 2.20. The van der Waals surface area contributed by atoms with Crippen LogP contribution in [0.5, 0.6) is 0 Å². The minimum atomic E-state index is -0.389. The van der Waals surface area contributed by atoms with Crippen molar-refractivity contribution in [3.63, 3.8) is 0 Å². The normalized spacial score (nSPS) is 18.4. The highest BCUT2D eigenvalue weighted by Crippen LogP contribution is 2.28. The van der Waals surface area contributed by atoms with Crippen molar-refractivity contribution >= 4 is 0 Å². The number of hydrogen-bond acceptors (Lipinski definition) is 2. The van der Waals surface area contributed by atoms with Crippen molar-refractivity contribution in [1.29, 1.82) is 0 Å². The molecule has 78 valence electrons. The summed E-state index contributed by atoms with van der Waals surface area (Å²) in [7, 11) is 0. The summed E-state index contributed by atoms with van der Waals surface area (Å²) in [6.45, 7) is 3.25. The zero-order valence-corrected chi connectivity index (χ0v) is 8.52. The quantitative estimate of drug-likeness (QED) is 0.779. The molecule has 0 spiro atoms. The molecule has 0 saturated heterocycles. The van der Waals surface area contributed by atoms with E-state index in [2.05, 4.69) is 0 Å². The standard InChI is InChI=1S/C11H17NO2/c1-9(13)11-4-5-12(6-11)8-14-7-10-2-3-10/h4-6,9-10,13H,2-3,7-8H2,1H3. The maximum Gasteiger partial charge on any atom is 0.122 e. The van der Waals surface area contributed by atoms with E-state index >= 15 is 0 Å². The zero-order valence-electron chi connectivity index (χ0n) is 8.52. The Balaban J connectivity index is 1.77. The first-order chi connectivity index (χ1) is 6.75. The molecule has 1 heterocycles. The average molecular weight is 195 g/mol. The van der Waals surface area contributed by atoms with Crippen LogP contribution in [0, 0.1) is 5.92 Å². The molecule has 0 aromatic carbocycles. The predicted octanol–water partition coefficient (Wildman–Crippen LogP) is 1.93. The molecule has 1 N–H and O–H groups in total. The molecule has 2 rings (SSSR count). The third-order valence-electron chi connectivity index (χ3n) is 2.55. The first-order valence-corrected chi connectivity index (χ1v) is 5.17. The zero-order chi connectivity index (χ0) is 9.97. The lowest BCUT2D eigenvalue weighted by molar-refractivity contribution is 0.0690. The summed E-state index contributed by atoms with van der Waals surface area (Å²) in [5.41, 5.74) is 0.944. The summed E-state index contributed by atoms with van der Waals surface area (Å²) in [5.74, 6) is 0.807. The van der Waals surface area contributed by atoms with Gasteiger partial charge in [-0.05, 0) is 37.3 Å². The van der Waals surface area contributed by atoms with E-state index in [0.717, 1.165) is 18.1 Å². The SMILES string of the molecule is CC(O)c1ccn(COCC2CC2)c1. The van der Waals surface area contributed by atoms with Crippen molar-refractivity contribution in [1.82, 2.24) is 4.57 Å². The van der Waals surface area contributed by atoms with Crippen LogP contribution in [-0.4, -0.2) is 16.3 Å². The molecule has 3 heteroatoms. The lowest BCUT2D eigenvalue weighted by Crippen LogP contribution is -2.02. The second-order valence-corrected chi connectivity index (χ2v) is 4.08. The molecule has 1 saturated carbocycles. The van der Waals surface area contributed by atoms with Crippen LogP contribution in [0.15, 0.2) is 18.5 Å². The van der Waals surface area contributed by atoms with Crippen molar-refractivity contribution in [3.05, 3.63) is 24.0 Å². The molecule has 0 bridgehead atoms. The molecule has 1 aromatic heterocycles. The van der Waals surface area contributed by atoms with Crippen LogP contribution in [0.2, 0.25) is 0 Å². The van der Waals surface area contributed by atoms with Gasteiger partial charge in [-0.3, -0.25) is 0 Å². The molecule has 3 nitrogen and oxygen atoms in total. The smallest absolute Gasteiger partial charge is 0.122 e. The first kappa shape index (κ1) is 9.74. The Morgan fingerprint density at radius 2 is 2.43 bits per heavy atom. The van der Waals surface area contributed by atoms with Crippen LogP contribution < -0.4 is 0 Å². The van der Waals surface area contributed by atoms with Gasteiger partial charge in [0.15, 0.2) is 0 Å². The number of aromatic nitrogens is 1. The average Bonchev–Trinajstić information content (AvgIpc) is 2.82. The van der Waals surface area contributed by atoms with Gasteiger partial charge in [-0.1, -0.05) is 0 Å². The Bertz CT molecular complexity index is 289. The molecule has 1 aromatic rings. The Hall–Kier alpha value is -0.800. The largest absolute Gasteiger partial charge is 0.389 e. The minimum Gasteiger partial charge on any atom is -0.389 e. The monoisotopic (exact) mass is 195 g/mol. The lowest BCUT2D eigenvalue weighted by atomic mass is 10.2. The second-order valence-electron chi connectivity index (χ2n) is 4.08. The van der Waals surface area contributed by atoms with Crippen molar-refractivity contribution in [2.75, 3.05) is 6.61 Å². The van der Waals surface area contributed by atoms with Gasteiger partial charge in [0, 0.05) is 12.4 Å². The van der Waals surface area contributed by atoms with E-state index in [4.69, 9.17) is 4.74 Å². The number of rotatable bonds is 5. The summed E-state index contributed by atoms with van der Waals surface area (Å²) < 4.78 is 7.48. The van der Waals surface area contributed by atoms with Crippen LogP contribution in [0.3, 0.4) is 0 Å². The van der Waals surface area contributed by atoms with Gasteiger partial charge < -0.3 is 14.4 Å². The van der Waals surface area contributed by atoms with E-state index in [1.807, 2.05) is 23.0 Å². The van der Waals surface area contributed by atoms with Gasteiger partial charge in [-0.15, -0.1) is 0 Å². The summed E-state index contributed by atoms with van der Waals surface area (Å²) in [5, 5.41) is 9.31. The van der Waals surface area contributed by atoms with Gasteiger partial charge in [0.05, 0.1) is 12.7 Å². The van der Waals surface area contributed by atoms with Crippen molar-refractivity contribution in [3.8, 4) is 0 Å². The molecule has 14 heavy (non-hydrogen) atoms. The minimum absolute atomic E-state index is 0.389. The number of ether oxygens (including phenoxy) is 1. The summed E-state index contributed by atoms with van der Waals surface area (Å²) in [4.78, 5) is 0. The van der Waals surface area contributed by atoms with E-state index in [-0.39, 0.29) is 6.10 Å². The van der Waals surface area contributed by atoms with Gasteiger partial charge in [0.25, 0.3) is 0 Å². The van der Waals surface area contributed by atoms with Gasteiger partial charge >= 0.3 is 0 Å². The van der Waals surface area contributed by atoms with Gasteiger partial charge in [0.1, 0.15) is 6.73 Å². The molecular weight excluding hydrogens is 178 g/mol. The molecular formula is C11H17NO2. The van der Waals surface area contributed by atoms with E-state index in [9.17, 15) is 5.11 Å². The van der Waals surface area contributed by atoms with E-state index in [1.165, 1.54) is 12.8 Å². The van der Waals surface area contributed by atoms with Crippen LogP contribution in [0.25, 0.3) is 0 Å². The molecule has 1 aliphatic carbocycles. The number of aliphatic hydroxyl groups is 1. The van der Waals surface area contributed by atoms with E-state index < -0.39 is 0 Å². The Morgan fingerprint density at radius 1 is 1.64 bits per heavy atom. The lowest BCUT2D eigenvalue weighted by Gasteiger charge is -2.04. The summed E-state index contributed by atoms with van der Waals surface area (Å²) >= 11 is 0. The van der Waals surface area contributed by atoms with Crippen LogP contribution in [-0.2, 0) is 11.5 Å². The van der Waals surface area contributed by atoms with Crippen LogP contribution in [0.1, 0.15) is 31.4 Å². The predicted molar refractivity (Wildman–Crippen MR) is 53.7 cm³/mol. The summed E-state index contributed by atoms with van der Waals surface area (Å²) in [6, 6.07) is 1.92. The molecule has 0 amide bonds. The molecule has 1 fully saturated rings. The van der Waals surface area contributed by atoms with Crippen molar-refractivity contribution in [2.45, 2.75) is 32.6 Å². The fourth-order valence-corrected chi connectivity index (χ4v) is 1.40. The van der Waals surface area contributed by atoms with Crippen molar-refractivity contribution < 1.29 is 9.84 Å². The Kier molecular flexibility index (Phi) is 2.89. The van der Waals surface area contributed by atoms with E-state index in [0.29, 0.717) is 6.73 Å². The third-order valence-corrected chi connectivity index (χ3v) is 2.55. The summed E-state index contributed by atoms with van der Waals surface area (Å²) in [6.07, 6.45) is 6.13. The molecule has 0 aliphatic heterocycles. The van der Waals surface area contributed by atoms with Gasteiger partial charge in [-0.2, -0.15) is 0 Å². The molecule has 1 aliphatic rings. The highest BCUT2D eigenvalue weighted by molar-refractivity contribution is 5.12. The first-order valence-electron chi connectivity index (χ1n) is 5.17. The Morgan fingerprint density at radius 3 is 3.00 bits per heavy atom. The molecule has 1 atom stereocenters. The second kappa shape index (κ2) is 4.15. The van der Waals surface area contributed by atoms with Crippen LogP contribution >= 0.6 is 0 Å².